The number of alkyl halides is 2. The number of pyridine rings is 3. The van der Waals surface area contributed by atoms with Crippen molar-refractivity contribution in [3.63, 3.8) is 0 Å². The molecule has 15 heteroatoms. The van der Waals surface area contributed by atoms with Crippen molar-refractivity contribution in [1.82, 2.24) is 25.2 Å². The van der Waals surface area contributed by atoms with Crippen LogP contribution in [0.5, 0.6) is 5.88 Å². The molecule has 2 amide bonds. The van der Waals surface area contributed by atoms with Gasteiger partial charge in [-0.25, -0.2) is 27.6 Å². The minimum absolute atomic E-state index is 0.0682. The lowest BCUT2D eigenvalue weighted by molar-refractivity contribution is -0.0241. The number of fused-ring (bicyclic) bond motifs is 1. The van der Waals surface area contributed by atoms with E-state index in [1.54, 1.807) is 45.2 Å². The maximum absolute atomic E-state index is 14.9. The van der Waals surface area contributed by atoms with E-state index >= 15 is 0 Å². The van der Waals surface area contributed by atoms with Gasteiger partial charge in [-0.2, -0.15) is 8.78 Å². The van der Waals surface area contributed by atoms with Crippen LogP contribution >= 0.6 is 0 Å². The molecule has 1 aliphatic rings. The first-order valence-electron chi connectivity index (χ1n) is 13.7. The molecule has 4 heterocycles. The van der Waals surface area contributed by atoms with E-state index in [9.17, 15) is 31.2 Å². The van der Waals surface area contributed by atoms with Crippen LogP contribution in [-0.2, 0) is 21.1 Å². The highest BCUT2D eigenvalue weighted by Gasteiger charge is 2.36. The number of rotatable bonds is 8. The van der Waals surface area contributed by atoms with Gasteiger partial charge in [-0.1, -0.05) is 6.07 Å². The molecule has 1 saturated heterocycles. The second-order valence-corrected chi connectivity index (χ2v) is 13.1. The van der Waals surface area contributed by atoms with Crippen LogP contribution in [0.15, 0.2) is 65.8 Å². The zero-order valence-corrected chi connectivity index (χ0v) is 25.1. The molecule has 236 valence electrons. The van der Waals surface area contributed by atoms with Gasteiger partial charge in [0.15, 0.2) is 5.82 Å². The predicted molar refractivity (Wildman–Crippen MR) is 156 cm³/mol. The average Bonchev–Trinajstić information content (AvgIpc) is 2.96. The summed E-state index contributed by atoms with van der Waals surface area (Å²) in [6.45, 7) is 5.72. The van der Waals surface area contributed by atoms with Gasteiger partial charge < -0.3 is 19.7 Å². The quantitative estimate of drug-likeness (QED) is 0.288. The number of nitrogens with one attached hydrogen (secondary N) is 1. The summed E-state index contributed by atoms with van der Waals surface area (Å²) in [5.74, 6) is -5.20. The first-order chi connectivity index (χ1) is 21.2. The van der Waals surface area contributed by atoms with Crippen LogP contribution in [-0.4, -0.2) is 70.8 Å². The average molecular weight is 644 g/mol. The fourth-order valence-electron chi connectivity index (χ4n) is 4.30. The van der Waals surface area contributed by atoms with E-state index in [-0.39, 0.29) is 31.1 Å². The minimum atomic E-state index is -4.86. The summed E-state index contributed by atoms with van der Waals surface area (Å²) < 4.78 is 75.1. The van der Waals surface area contributed by atoms with Crippen molar-refractivity contribution in [3.8, 4) is 17.1 Å². The Morgan fingerprint density at radius 3 is 2.51 bits per heavy atom. The number of hydrogen-bond acceptors (Lipinski definition) is 9. The van der Waals surface area contributed by atoms with Gasteiger partial charge in [-0.05, 0) is 63.2 Å². The molecule has 0 radical (unpaired) electrons. The standard InChI is InChI=1S/C30H28F3N5O6S/c1-30(2,3)44-29(40)38-15-21(16-38)43-27-23(31)10-19(13-36-27)24-8-7-18-12-34-20(11-25(18)37-24)14-35-26(39)17-5-4-6-22(9-17)45(41,42)28(32)33/h4-13,21,28H,14-16H2,1-3H3,(H,35,39). The molecule has 1 N–H and O–H groups in total. The number of amides is 2. The zero-order chi connectivity index (χ0) is 32.5. The largest absolute Gasteiger partial charge is 0.468 e. The second-order valence-electron chi connectivity index (χ2n) is 11.2. The number of carbonyl (C=O) groups excluding carboxylic acids is 2. The lowest BCUT2D eigenvalue weighted by atomic mass is 10.1. The zero-order valence-electron chi connectivity index (χ0n) is 24.3. The summed E-state index contributed by atoms with van der Waals surface area (Å²) in [6, 6.07) is 10.6. The number of hydrogen-bond donors (Lipinski definition) is 1. The monoisotopic (exact) mass is 643 g/mol. The summed E-state index contributed by atoms with van der Waals surface area (Å²) in [5.41, 5.74) is 0.966. The highest BCUT2D eigenvalue weighted by Crippen LogP contribution is 2.27. The summed E-state index contributed by atoms with van der Waals surface area (Å²) >= 11 is 0. The highest BCUT2D eigenvalue weighted by atomic mass is 32.2. The number of sulfone groups is 1. The molecule has 45 heavy (non-hydrogen) atoms. The van der Waals surface area contributed by atoms with E-state index in [1.807, 2.05) is 0 Å². The molecule has 0 saturated carbocycles. The van der Waals surface area contributed by atoms with Crippen molar-refractivity contribution in [2.75, 3.05) is 13.1 Å². The summed E-state index contributed by atoms with van der Waals surface area (Å²) in [7, 11) is -4.86. The molecule has 0 atom stereocenters. The van der Waals surface area contributed by atoms with Gasteiger partial charge in [0.1, 0.15) is 11.7 Å². The second kappa shape index (κ2) is 12.3. The van der Waals surface area contributed by atoms with Crippen LogP contribution in [0.4, 0.5) is 18.0 Å². The lowest BCUT2D eigenvalue weighted by Crippen LogP contribution is -2.57. The summed E-state index contributed by atoms with van der Waals surface area (Å²) in [6.07, 6.45) is 2.06. The van der Waals surface area contributed by atoms with Crippen molar-refractivity contribution in [2.45, 2.75) is 49.7 Å². The van der Waals surface area contributed by atoms with Crippen molar-refractivity contribution in [3.05, 3.63) is 78.0 Å². The van der Waals surface area contributed by atoms with E-state index in [0.717, 1.165) is 12.1 Å². The van der Waals surface area contributed by atoms with Gasteiger partial charge >= 0.3 is 11.9 Å². The smallest absolute Gasteiger partial charge is 0.410 e. The van der Waals surface area contributed by atoms with Crippen molar-refractivity contribution < 1.29 is 40.7 Å². The van der Waals surface area contributed by atoms with E-state index in [1.165, 1.54) is 29.3 Å². The molecule has 3 aromatic heterocycles. The third kappa shape index (κ3) is 7.30. The van der Waals surface area contributed by atoms with Gasteiger partial charge in [0.25, 0.3) is 11.8 Å². The number of aromatic nitrogens is 3. The number of ether oxygens (including phenoxy) is 2. The lowest BCUT2D eigenvalue weighted by Gasteiger charge is -2.39. The normalized spacial score (nSPS) is 13.9. The highest BCUT2D eigenvalue weighted by molar-refractivity contribution is 7.91. The molecule has 1 aliphatic heterocycles. The van der Waals surface area contributed by atoms with E-state index in [2.05, 4.69) is 20.3 Å². The van der Waals surface area contributed by atoms with E-state index < -0.39 is 50.0 Å². The van der Waals surface area contributed by atoms with Gasteiger partial charge in [0, 0.05) is 28.9 Å². The van der Waals surface area contributed by atoms with Crippen molar-refractivity contribution >= 4 is 32.7 Å². The Kier molecular flexibility index (Phi) is 8.65. The summed E-state index contributed by atoms with van der Waals surface area (Å²) in [4.78, 5) is 38.4. The molecular formula is C30H28F3N5O6S. The van der Waals surface area contributed by atoms with Crippen LogP contribution in [0.2, 0.25) is 0 Å². The van der Waals surface area contributed by atoms with Gasteiger partial charge in [-0.15, -0.1) is 0 Å². The predicted octanol–water partition coefficient (Wildman–Crippen LogP) is 4.76. The molecule has 5 rings (SSSR count). The maximum Gasteiger partial charge on any atom is 0.410 e. The molecule has 1 fully saturated rings. The number of nitrogens with zero attached hydrogens (tertiary/aromatic N) is 4. The molecule has 0 spiro atoms. The molecule has 11 nitrogen and oxygen atoms in total. The Bertz CT molecular complexity index is 1880. The first-order valence-corrected chi connectivity index (χ1v) is 15.2. The molecule has 0 aliphatic carbocycles. The summed E-state index contributed by atoms with van der Waals surface area (Å²) in [5, 5.41) is 3.25. The van der Waals surface area contributed by atoms with Crippen molar-refractivity contribution in [2.24, 2.45) is 0 Å². The number of halogens is 3. The van der Waals surface area contributed by atoms with Gasteiger partial charge in [0.2, 0.25) is 9.84 Å². The molecule has 1 aromatic carbocycles. The number of likely N-dealkylation sites (tertiary alicyclic amines) is 1. The Hall–Kier alpha value is -4.79. The Labute approximate surface area is 256 Å². The van der Waals surface area contributed by atoms with E-state index in [0.29, 0.717) is 27.9 Å². The van der Waals surface area contributed by atoms with E-state index in [4.69, 9.17) is 9.47 Å². The Morgan fingerprint density at radius 2 is 1.82 bits per heavy atom. The minimum Gasteiger partial charge on any atom is -0.468 e. The Balaban J connectivity index is 1.23. The topological polar surface area (TPSA) is 141 Å². The fraction of sp³-hybridized carbons (Fsp3) is 0.300. The molecule has 4 aromatic rings. The van der Waals surface area contributed by atoms with Crippen LogP contribution in [0, 0.1) is 5.82 Å². The van der Waals surface area contributed by atoms with Crippen molar-refractivity contribution in [1.29, 1.82) is 0 Å². The van der Waals surface area contributed by atoms with Crippen LogP contribution in [0.25, 0.3) is 22.2 Å². The van der Waals surface area contributed by atoms with Gasteiger partial charge in [0.05, 0.1) is 41.4 Å². The third-order valence-electron chi connectivity index (χ3n) is 6.60. The first kappa shape index (κ1) is 31.6. The fourth-order valence-corrected chi connectivity index (χ4v) is 5.07. The third-order valence-corrected chi connectivity index (χ3v) is 7.98. The number of carbonyl (C=O) groups is 2. The van der Waals surface area contributed by atoms with Crippen LogP contribution in [0.3, 0.4) is 0 Å². The molecular weight excluding hydrogens is 615 g/mol. The maximum atomic E-state index is 14.9. The Morgan fingerprint density at radius 1 is 1.07 bits per heavy atom. The van der Waals surface area contributed by atoms with Crippen LogP contribution in [0.1, 0.15) is 36.8 Å². The van der Waals surface area contributed by atoms with Crippen LogP contribution < -0.4 is 10.1 Å². The SMILES string of the molecule is CC(C)(C)OC(=O)N1CC(Oc2ncc(-c3ccc4cnc(CNC(=O)c5cccc(S(=O)(=O)C(F)F)c5)cc4n3)cc2F)C1. The van der Waals surface area contributed by atoms with Gasteiger partial charge in [-0.3, -0.25) is 9.78 Å². The molecule has 0 unspecified atom stereocenters. The number of benzene rings is 1. The molecule has 0 bridgehead atoms.